The van der Waals surface area contributed by atoms with Crippen molar-refractivity contribution >= 4 is 32.6 Å². The van der Waals surface area contributed by atoms with E-state index in [4.69, 9.17) is 5.84 Å². The van der Waals surface area contributed by atoms with Gasteiger partial charge in [0.25, 0.3) is 0 Å². The van der Waals surface area contributed by atoms with Crippen molar-refractivity contribution in [2.75, 3.05) is 0 Å². The van der Waals surface area contributed by atoms with Gasteiger partial charge in [-0.05, 0) is 29.5 Å². The number of amidine groups is 1. The third-order valence-corrected chi connectivity index (χ3v) is 0.701. The number of nitrogens with zero attached hydrogens (tertiary/aromatic N) is 2. The van der Waals surface area contributed by atoms with E-state index in [0.29, 0.717) is 5.84 Å². The summed E-state index contributed by atoms with van der Waals surface area (Å²) in [7, 11) is 0. The normalized spacial score (nSPS) is 13.1. The number of aliphatic imine (C=N–C) groups is 1. The largest absolute Gasteiger partial charge is 0.322 e. The molecule has 40 valence electrons. The first kappa shape index (κ1) is 6.87. The van der Waals surface area contributed by atoms with Gasteiger partial charge in [-0.3, -0.25) is 0 Å². The van der Waals surface area contributed by atoms with E-state index in [1.807, 2.05) is 22.6 Å². The van der Waals surface area contributed by atoms with Crippen LogP contribution in [0.2, 0.25) is 0 Å². The molecule has 0 saturated carbocycles. The van der Waals surface area contributed by atoms with Crippen LogP contribution >= 0.6 is 22.6 Å². The highest BCUT2D eigenvalue weighted by Gasteiger charge is 1.74. The van der Waals surface area contributed by atoms with Crippen LogP contribution in [-0.4, -0.2) is 10.1 Å². The van der Waals surface area contributed by atoms with E-state index in [9.17, 15) is 0 Å². The molecule has 0 aromatic heterocycles. The number of rotatable bonds is 0. The summed E-state index contributed by atoms with van der Waals surface area (Å²) < 4.78 is 1.61. The molecular weight excluding hydrogens is 205 g/mol. The van der Waals surface area contributed by atoms with E-state index >= 15 is 0 Å². The molecule has 0 rings (SSSR count). The van der Waals surface area contributed by atoms with Crippen LogP contribution in [0, 0.1) is 0 Å². The molecule has 7 heavy (non-hydrogen) atoms. The minimum absolute atomic E-state index is 0.592. The zero-order valence-electron chi connectivity index (χ0n) is 3.93. The van der Waals surface area contributed by atoms with E-state index in [-0.39, 0.29) is 0 Å². The maximum atomic E-state index is 4.83. The quantitative estimate of drug-likeness (QED) is 0.207. The van der Waals surface area contributed by atoms with Crippen molar-refractivity contribution < 1.29 is 0 Å². The standard InChI is InChI=1S/C3H6IN3/c1-3(7-5)6-2-4/h2H,5H2,1H3/b6-2-,7-3-. The molecule has 0 aromatic carbocycles. The van der Waals surface area contributed by atoms with Gasteiger partial charge in [0.1, 0.15) is 5.84 Å². The molecule has 0 unspecified atom stereocenters. The molecule has 2 N–H and O–H groups in total. The number of nitrogens with two attached hydrogens (primary N) is 1. The van der Waals surface area contributed by atoms with Gasteiger partial charge in [0.05, 0.1) is 4.22 Å². The predicted octanol–water partition coefficient (Wildman–Crippen LogP) is 0.742. The highest BCUT2D eigenvalue weighted by atomic mass is 127. The number of hydrogen-bond acceptors (Lipinski definition) is 2. The lowest BCUT2D eigenvalue weighted by Crippen LogP contribution is -1.89. The van der Waals surface area contributed by atoms with Gasteiger partial charge in [-0.2, -0.15) is 5.10 Å². The Bertz CT molecular complexity index is 96.4. The number of hydrogen-bond donors (Lipinski definition) is 1. The van der Waals surface area contributed by atoms with E-state index < -0.39 is 0 Å². The second kappa shape index (κ2) is 4.04. The zero-order chi connectivity index (χ0) is 5.70. The van der Waals surface area contributed by atoms with Crippen molar-refractivity contribution in [1.29, 1.82) is 0 Å². The second-order valence-corrected chi connectivity index (χ2v) is 1.46. The van der Waals surface area contributed by atoms with E-state index in [2.05, 4.69) is 10.1 Å². The Hall–Kier alpha value is -0.130. The summed E-state index contributed by atoms with van der Waals surface area (Å²) in [6.45, 7) is 1.73. The Labute approximate surface area is 55.8 Å². The van der Waals surface area contributed by atoms with Crippen LogP contribution in [0.25, 0.3) is 0 Å². The van der Waals surface area contributed by atoms with E-state index in [1.165, 1.54) is 0 Å². The maximum absolute atomic E-state index is 4.83. The molecule has 3 nitrogen and oxygen atoms in total. The van der Waals surface area contributed by atoms with Gasteiger partial charge in [0, 0.05) is 0 Å². The monoisotopic (exact) mass is 211 g/mol. The molecule has 0 aliphatic carbocycles. The van der Waals surface area contributed by atoms with E-state index in [1.54, 1.807) is 11.1 Å². The summed E-state index contributed by atoms with van der Waals surface area (Å²) >= 11 is 2.00. The lowest BCUT2D eigenvalue weighted by molar-refractivity contribution is 1.22. The van der Waals surface area contributed by atoms with Crippen molar-refractivity contribution in [3.8, 4) is 0 Å². The van der Waals surface area contributed by atoms with Gasteiger partial charge in [0.2, 0.25) is 0 Å². The third kappa shape index (κ3) is 3.71. The predicted molar refractivity (Wildman–Crippen MR) is 39.8 cm³/mol. The minimum atomic E-state index is 0.592. The highest BCUT2D eigenvalue weighted by Crippen LogP contribution is 1.76. The molecule has 0 heterocycles. The summed E-state index contributed by atoms with van der Waals surface area (Å²) in [5.41, 5.74) is 0. The maximum Gasteiger partial charge on any atom is 0.145 e. The van der Waals surface area contributed by atoms with Crippen LogP contribution in [0.1, 0.15) is 6.92 Å². The van der Waals surface area contributed by atoms with Gasteiger partial charge < -0.3 is 5.84 Å². The minimum Gasteiger partial charge on any atom is -0.322 e. The number of halogens is 1. The van der Waals surface area contributed by atoms with Gasteiger partial charge in [0.15, 0.2) is 0 Å². The molecule has 0 aliphatic heterocycles. The fourth-order valence-electron chi connectivity index (χ4n) is 0.104. The summed E-state index contributed by atoms with van der Waals surface area (Å²) in [6.07, 6.45) is 0. The molecule has 0 saturated heterocycles. The topological polar surface area (TPSA) is 50.7 Å². The molecule has 0 atom stereocenters. The van der Waals surface area contributed by atoms with Crippen molar-refractivity contribution in [3.05, 3.63) is 0 Å². The molecule has 0 spiro atoms. The van der Waals surface area contributed by atoms with Crippen molar-refractivity contribution in [3.63, 3.8) is 0 Å². The van der Waals surface area contributed by atoms with Crippen LogP contribution in [0.5, 0.6) is 0 Å². The molecule has 0 aromatic rings. The molecule has 4 heteroatoms. The first-order valence-corrected chi connectivity index (χ1v) is 2.93. The lowest BCUT2D eigenvalue weighted by Gasteiger charge is -1.79. The summed E-state index contributed by atoms with van der Waals surface area (Å²) in [4.78, 5) is 3.73. The molecular formula is C3H6IN3. The molecule has 0 bridgehead atoms. The summed E-state index contributed by atoms with van der Waals surface area (Å²) in [5, 5.41) is 3.29. The van der Waals surface area contributed by atoms with Crippen molar-refractivity contribution in [2.45, 2.75) is 6.92 Å². The Morgan fingerprint density at radius 2 is 2.43 bits per heavy atom. The van der Waals surface area contributed by atoms with E-state index in [0.717, 1.165) is 0 Å². The third-order valence-electron chi connectivity index (χ3n) is 0.422. The molecule has 0 fully saturated rings. The van der Waals surface area contributed by atoms with Gasteiger partial charge in [-0.25, -0.2) is 4.99 Å². The smallest absolute Gasteiger partial charge is 0.145 e. The SMILES string of the molecule is CC(/N=C\I)=N/N. The van der Waals surface area contributed by atoms with Crippen LogP contribution in [0.4, 0.5) is 0 Å². The average Bonchev–Trinajstić information content (AvgIpc) is 1.68. The van der Waals surface area contributed by atoms with Crippen LogP contribution in [-0.2, 0) is 0 Å². The Morgan fingerprint density at radius 1 is 1.86 bits per heavy atom. The average molecular weight is 211 g/mol. The van der Waals surface area contributed by atoms with Gasteiger partial charge in [-0.15, -0.1) is 0 Å². The zero-order valence-corrected chi connectivity index (χ0v) is 6.08. The molecule has 0 aliphatic rings. The van der Waals surface area contributed by atoms with Crippen molar-refractivity contribution in [1.82, 2.24) is 0 Å². The molecule has 0 radical (unpaired) electrons. The Kier molecular flexibility index (Phi) is 3.97. The van der Waals surface area contributed by atoms with Crippen LogP contribution in [0.15, 0.2) is 10.1 Å². The molecule has 0 amide bonds. The fraction of sp³-hybridized carbons (Fsp3) is 0.333. The van der Waals surface area contributed by atoms with Gasteiger partial charge in [-0.1, -0.05) is 0 Å². The van der Waals surface area contributed by atoms with Gasteiger partial charge >= 0.3 is 0 Å². The first-order chi connectivity index (χ1) is 3.31. The van der Waals surface area contributed by atoms with Crippen molar-refractivity contribution in [2.24, 2.45) is 15.9 Å². The first-order valence-electron chi connectivity index (χ1n) is 1.68. The van der Waals surface area contributed by atoms with Crippen LogP contribution < -0.4 is 5.84 Å². The second-order valence-electron chi connectivity index (χ2n) is 0.903. The lowest BCUT2D eigenvalue weighted by atomic mass is 10.7. The van der Waals surface area contributed by atoms with Crippen LogP contribution in [0.3, 0.4) is 0 Å². The Balaban J connectivity index is 3.58. The highest BCUT2D eigenvalue weighted by molar-refractivity contribution is 14.1. The number of hydrazone groups is 1. The summed E-state index contributed by atoms with van der Waals surface area (Å²) in [6, 6.07) is 0. The Morgan fingerprint density at radius 3 is 2.57 bits per heavy atom. The summed E-state index contributed by atoms with van der Waals surface area (Å²) in [5.74, 6) is 5.42. The fourth-order valence-corrected chi connectivity index (χ4v) is 0.507.